The summed E-state index contributed by atoms with van der Waals surface area (Å²) in [5.41, 5.74) is -0.260. The molecular weight excluding hydrogens is 587 g/mol. The lowest BCUT2D eigenvalue weighted by molar-refractivity contribution is -0.140. The van der Waals surface area contributed by atoms with Crippen LogP contribution < -0.4 is 10.1 Å². The molecule has 1 atom stereocenters. The van der Waals surface area contributed by atoms with Gasteiger partial charge in [0.2, 0.25) is 5.88 Å². The van der Waals surface area contributed by atoms with Gasteiger partial charge in [-0.2, -0.15) is 18.3 Å². The van der Waals surface area contributed by atoms with Crippen LogP contribution in [0.4, 0.5) is 13.2 Å². The number of halogens is 3. The quantitative estimate of drug-likeness (QED) is 0.220. The zero-order valence-electron chi connectivity index (χ0n) is 27.5. The average Bonchev–Trinajstić information content (AvgIpc) is 3.36. The van der Waals surface area contributed by atoms with Crippen LogP contribution in [0.1, 0.15) is 112 Å². The number of alkyl halides is 3. The van der Waals surface area contributed by atoms with Crippen molar-refractivity contribution in [2.24, 2.45) is 0 Å². The highest BCUT2D eigenvalue weighted by Gasteiger charge is 2.40. The van der Waals surface area contributed by atoms with Crippen molar-refractivity contribution < 1.29 is 32.6 Å². The van der Waals surface area contributed by atoms with Gasteiger partial charge < -0.3 is 20.0 Å². The molecule has 0 aliphatic heterocycles. The number of pyridine rings is 2. The van der Waals surface area contributed by atoms with Gasteiger partial charge in [-0.3, -0.25) is 14.8 Å². The number of hydrogen-bond acceptors (Lipinski definition) is 7. The van der Waals surface area contributed by atoms with E-state index in [1.165, 1.54) is 30.9 Å². The van der Waals surface area contributed by atoms with E-state index in [-0.39, 0.29) is 24.5 Å². The van der Waals surface area contributed by atoms with Crippen molar-refractivity contribution in [3.05, 3.63) is 76.5 Å². The fourth-order valence-corrected chi connectivity index (χ4v) is 4.06. The summed E-state index contributed by atoms with van der Waals surface area (Å²) < 4.78 is 49.2. The summed E-state index contributed by atoms with van der Waals surface area (Å²) in [4.78, 5) is 29.2. The Morgan fingerprint density at radius 2 is 1.78 bits per heavy atom. The number of aliphatic hydroxyl groups is 1. The average molecular weight is 634 g/mol. The first-order valence-electron chi connectivity index (χ1n) is 14.8. The number of ether oxygens (including phenoxy) is 1. The molecule has 248 valence electrons. The second kappa shape index (κ2) is 18.0. The zero-order chi connectivity index (χ0) is 34.4. The van der Waals surface area contributed by atoms with Gasteiger partial charge in [-0.1, -0.05) is 45.4 Å². The summed E-state index contributed by atoms with van der Waals surface area (Å²) in [6.45, 7) is 16.8. The van der Waals surface area contributed by atoms with E-state index >= 15 is 0 Å². The number of aryl methyl sites for hydroxylation is 1. The minimum Gasteiger partial charge on any atom is -0.437 e. The molecule has 1 unspecified atom stereocenters. The first-order valence-corrected chi connectivity index (χ1v) is 14.8. The van der Waals surface area contributed by atoms with Crippen molar-refractivity contribution >= 4 is 12.7 Å². The van der Waals surface area contributed by atoms with Crippen LogP contribution in [0.5, 0.6) is 11.6 Å². The molecule has 12 heteroatoms. The van der Waals surface area contributed by atoms with Crippen LogP contribution in [0, 0.1) is 6.92 Å². The van der Waals surface area contributed by atoms with Crippen LogP contribution in [0.3, 0.4) is 0 Å². The number of rotatable bonds is 10. The van der Waals surface area contributed by atoms with E-state index in [1.54, 1.807) is 40.0 Å². The molecule has 3 heterocycles. The van der Waals surface area contributed by atoms with Gasteiger partial charge in [0, 0.05) is 23.5 Å². The Bertz CT molecular complexity index is 1380. The molecule has 9 nitrogen and oxygen atoms in total. The van der Waals surface area contributed by atoms with Crippen molar-refractivity contribution in [3.8, 4) is 11.6 Å². The van der Waals surface area contributed by atoms with Gasteiger partial charge in [0.25, 0.3) is 5.91 Å². The molecule has 0 aliphatic rings. The van der Waals surface area contributed by atoms with E-state index in [2.05, 4.69) is 46.4 Å². The van der Waals surface area contributed by atoms with E-state index in [1.807, 2.05) is 19.8 Å². The number of carbonyl (C=O) groups excluding carboxylic acids is 2. The number of hydrogen-bond donors (Lipinski definition) is 2. The fraction of sp³-hybridized carbons (Fsp3) is 0.485. The second-order valence-corrected chi connectivity index (χ2v) is 11.1. The van der Waals surface area contributed by atoms with Gasteiger partial charge in [0.1, 0.15) is 12.4 Å². The Hall–Kier alpha value is -4.06. The fourth-order valence-electron chi connectivity index (χ4n) is 4.06. The molecule has 1 amide bonds. The van der Waals surface area contributed by atoms with E-state index in [0.717, 1.165) is 18.0 Å². The van der Waals surface area contributed by atoms with Crippen LogP contribution in [-0.2, 0) is 29.5 Å². The molecule has 0 spiro atoms. The normalized spacial score (nSPS) is 12.1. The van der Waals surface area contributed by atoms with Crippen molar-refractivity contribution in [2.75, 3.05) is 0 Å². The molecule has 3 aromatic rings. The number of aromatic nitrogens is 4. The first kappa shape index (κ1) is 39.0. The zero-order valence-corrected chi connectivity index (χ0v) is 27.5. The predicted octanol–water partition coefficient (Wildman–Crippen LogP) is 7.66. The standard InChI is InChI=1S/C25H30F3N5O3.C7H14.CH2O/c1-7-17-21(22(35)31-11-16-9-8-14(2)10-30-16)32-33(24(4,5)6)23(17)36-19-13-29-12-18(15(3)34)20(19)25(26,27)28;1-3-5-7-6-4-2;1-2/h8-10,12-13,15,34H,7,11H2,1-6H3,(H,31,35);5,7H,3-4,6H2,1-2H3;1H2/b;7-5+;. The molecule has 3 rings (SSSR count). The van der Waals surface area contributed by atoms with Crippen molar-refractivity contribution in [3.63, 3.8) is 0 Å². The third-order valence-corrected chi connectivity index (χ3v) is 6.28. The monoisotopic (exact) mass is 633 g/mol. The highest BCUT2D eigenvalue weighted by molar-refractivity contribution is 5.94. The number of amides is 1. The lowest BCUT2D eigenvalue weighted by Gasteiger charge is -2.24. The Balaban J connectivity index is 0.000000991. The topological polar surface area (TPSA) is 119 Å². The summed E-state index contributed by atoms with van der Waals surface area (Å²) in [7, 11) is 0. The molecule has 0 saturated heterocycles. The minimum atomic E-state index is -4.81. The molecule has 0 aromatic carbocycles. The summed E-state index contributed by atoms with van der Waals surface area (Å²) in [5, 5.41) is 17.1. The molecule has 3 aromatic heterocycles. The molecular formula is C33H46F3N5O4. The van der Waals surface area contributed by atoms with Crippen LogP contribution in [0.15, 0.2) is 42.9 Å². The summed E-state index contributed by atoms with van der Waals surface area (Å²) in [5.74, 6) is -1.09. The van der Waals surface area contributed by atoms with E-state index < -0.39 is 40.6 Å². The molecule has 0 fully saturated rings. The largest absolute Gasteiger partial charge is 0.437 e. The molecule has 0 aliphatic carbocycles. The third-order valence-electron chi connectivity index (χ3n) is 6.28. The Morgan fingerprint density at radius 1 is 1.11 bits per heavy atom. The Morgan fingerprint density at radius 3 is 2.27 bits per heavy atom. The first-order chi connectivity index (χ1) is 21.1. The van der Waals surface area contributed by atoms with Gasteiger partial charge >= 0.3 is 6.18 Å². The number of nitrogens with one attached hydrogen (secondary N) is 1. The van der Waals surface area contributed by atoms with E-state index in [4.69, 9.17) is 9.53 Å². The lowest BCUT2D eigenvalue weighted by atomic mass is 10.0. The van der Waals surface area contributed by atoms with Crippen LogP contribution in [0.2, 0.25) is 0 Å². The van der Waals surface area contributed by atoms with E-state index in [9.17, 15) is 23.1 Å². The highest BCUT2D eigenvalue weighted by Crippen LogP contribution is 2.43. The van der Waals surface area contributed by atoms with Gasteiger partial charge in [0.05, 0.1) is 30.1 Å². The van der Waals surface area contributed by atoms with Crippen molar-refractivity contribution in [1.82, 2.24) is 25.1 Å². The summed E-state index contributed by atoms with van der Waals surface area (Å²) in [6.07, 6.45) is 5.76. The Kier molecular flexibility index (Phi) is 15.6. The lowest BCUT2D eigenvalue weighted by Crippen LogP contribution is -2.27. The number of nitrogens with zero attached hydrogens (tertiary/aromatic N) is 4. The third kappa shape index (κ3) is 11.4. The smallest absolute Gasteiger partial charge is 0.420 e. The number of carbonyl (C=O) groups is 2. The van der Waals surface area contributed by atoms with Crippen LogP contribution in [-0.4, -0.2) is 37.6 Å². The van der Waals surface area contributed by atoms with Crippen LogP contribution >= 0.6 is 0 Å². The SMILES string of the molecule is C=O.CC/C=C/CCC.CCc1c(C(=O)NCc2ccc(C)cn2)nn(C(C)(C)C)c1Oc1cncc(C(C)O)c1C(F)(F)F. The second-order valence-electron chi connectivity index (χ2n) is 11.1. The maximum absolute atomic E-state index is 14.0. The van der Waals surface area contributed by atoms with E-state index in [0.29, 0.717) is 11.3 Å². The van der Waals surface area contributed by atoms with Crippen molar-refractivity contribution in [1.29, 1.82) is 0 Å². The van der Waals surface area contributed by atoms with Gasteiger partial charge in [-0.05, 0) is 65.5 Å². The minimum absolute atomic E-state index is 0.00125. The predicted molar refractivity (Wildman–Crippen MR) is 168 cm³/mol. The van der Waals surface area contributed by atoms with Crippen molar-refractivity contribution in [2.45, 2.75) is 105 Å². The molecule has 0 saturated carbocycles. The Labute approximate surface area is 263 Å². The van der Waals surface area contributed by atoms with Gasteiger partial charge in [-0.15, -0.1) is 0 Å². The molecule has 0 radical (unpaired) electrons. The molecule has 0 bridgehead atoms. The summed E-state index contributed by atoms with van der Waals surface area (Å²) >= 11 is 0. The highest BCUT2D eigenvalue weighted by atomic mass is 19.4. The summed E-state index contributed by atoms with van der Waals surface area (Å²) in [6, 6.07) is 3.67. The maximum Gasteiger partial charge on any atom is 0.420 e. The van der Waals surface area contributed by atoms with Gasteiger partial charge in [-0.25, -0.2) is 4.68 Å². The van der Waals surface area contributed by atoms with Gasteiger partial charge in [0.15, 0.2) is 11.4 Å². The number of unbranched alkanes of at least 4 members (excludes halogenated alkanes) is 1. The number of allylic oxidation sites excluding steroid dienone is 2. The molecule has 45 heavy (non-hydrogen) atoms. The molecule has 2 N–H and O–H groups in total. The van der Waals surface area contributed by atoms with Crippen LogP contribution in [0.25, 0.3) is 0 Å². The number of aliphatic hydroxyl groups excluding tert-OH is 1. The maximum atomic E-state index is 14.0.